The second-order valence-electron chi connectivity index (χ2n) is 5.96. The fourth-order valence-corrected chi connectivity index (χ4v) is 4.10. The molecular weight excluding hydrogens is 425 g/mol. The predicted molar refractivity (Wildman–Crippen MR) is 108 cm³/mol. The van der Waals surface area contributed by atoms with Crippen LogP contribution in [-0.4, -0.2) is 77.5 Å². The largest absolute Gasteiger partial charge is 0.493 e. The zero-order valence-electron chi connectivity index (χ0n) is 16.3. The van der Waals surface area contributed by atoms with Gasteiger partial charge in [0.1, 0.15) is 5.75 Å². The molecule has 14 heteroatoms. The number of phosphoric acid groups is 1. The summed E-state index contributed by atoms with van der Waals surface area (Å²) in [5.74, 6) is 5.73. The van der Waals surface area contributed by atoms with Crippen molar-refractivity contribution in [1.29, 1.82) is 0 Å². The molecule has 1 aromatic rings. The monoisotopic (exact) mass is 453 g/mol. The standard InChI is InChI=1S/C15H25N5O3S.H3O4P/c1-3-19-7-9-20(10-8-19)24(21,22)12-5-6-14(23-4-2)13(11-12)15(16)18-17;1-5(2,3)4/h5-6,11H,3-4,7-10,17H2,1-2H3,(H2,16,18);(H3,1,2,3,4). The van der Waals surface area contributed by atoms with Gasteiger partial charge in [-0.15, -0.1) is 0 Å². The number of hydrazone groups is 1. The lowest BCUT2D eigenvalue weighted by Gasteiger charge is -2.33. The average molecular weight is 453 g/mol. The first-order valence-corrected chi connectivity index (χ1v) is 11.8. The van der Waals surface area contributed by atoms with Crippen molar-refractivity contribution in [1.82, 2.24) is 9.21 Å². The minimum absolute atomic E-state index is 0.0336. The Bertz CT molecular complexity index is 842. The molecule has 166 valence electrons. The Balaban J connectivity index is 0.000000749. The number of nitrogens with two attached hydrogens (primary N) is 2. The van der Waals surface area contributed by atoms with Crippen LogP contribution in [0.5, 0.6) is 5.75 Å². The molecule has 0 bridgehead atoms. The number of benzene rings is 1. The SMILES string of the molecule is CCOc1ccc(S(=O)(=O)N2CCN(CC)CC2)cc1/C(N)=N\N.O=P(O)(O)O. The van der Waals surface area contributed by atoms with Crippen molar-refractivity contribution in [2.24, 2.45) is 16.7 Å². The number of nitrogens with zero attached hydrogens (tertiary/aromatic N) is 3. The van der Waals surface area contributed by atoms with Gasteiger partial charge in [-0.3, -0.25) is 0 Å². The summed E-state index contributed by atoms with van der Waals surface area (Å²) in [5, 5.41) is 3.46. The molecule has 1 heterocycles. The number of hydrogen-bond acceptors (Lipinski definition) is 7. The summed E-state index contributed by atoms with van der Waals surface area (Å²) in [6, 6.07) is 4.59. The van der Waals surface area contributed by atoms with E-state index in [1.54, 1.807) is 6.07 Å². The molecule has 0 amide bonds. The van der Waals surface area contributed by atoms with E-state index in [0.29, 0.717) is 31.0 Å². The number of rotatable bonds is 6. The molecule has 29 heavy (non-hydrogen) atoms. The first-order chi connectivity index (χ1) is 13.4. The van der Waals surface area contributed by atoms with Crippen LogP contribution in [0.3, 0.4) is 0 Å². The summed E-state index contributed by atoms with van der Waals surface area (Å²) in [5.41, 5.74) is 6.16. The van der Waals surface area contributed by atoms with Crippen molar-refractivity contribution >= 4 is 23.7 Å². The number of likely N-dealkylation sites (N-methyl/N-ethyl adjacent to an activating group) is 1. The molecule has 0 aliphatic carbocycles. The van der Waals surface area contributed by atoms with Gasteiger partial charge in [0.25, 0.3) is 0 Å². The van der Waals surface area contributed by atoms with Crippen LogP contribution in [0, 0.1) is 0 Å². The van der Waals surface area contributed by atoms with Crippen molar-refractivity contribution in [2.45, 2.75) is 18.7 Å². The van der Waals surface area contributed by atoms with Gasteiger partial charge in [0.15, 0.2) is 5.84 Å². The Morgan fingerprint density at radius 1 is 1.21 bits per heavy atom. The van der Waals surface area contributed by atoms with Crippen LogP contribution in [0.15, 0.2) is 28.2 Å². The predicted octanol–water partition coefficient (Wildman–Crippen LogP) is -0.938. The van der Waals surface area contributed by atoms with Gasteiger partial charge in [0.05, 0.1) is 17.1 Å². The lowest BCUT2D eigenvalue weighted by molar-refractivity contribution is 0.196. The molecule has 0 aromatic heterocycles. The van der Waals surface area contributed by atoms with Gasteiger partial charge in [0.2, 0.25) is 10.0 Å². The van der Waals surface area contributed by atoms with Crippen molar-refractivity contribution in [2.75, 3.05) is 39.3 Å². The van der Waals surface area contributed by atoms with Crippen LogP contribution in [0.1, 0.15) is 19.4 Å². The molecular formula is C15H28N5O7PS. The maximum Gasteiger partial charge on any atom is 0.466 e. The van der Waals surface area contributed by atoms with E-state index >= 15 is 0 Å². The van der Waals surface area contributed by atoms with Crippen molar-refractivity contribution in [3.63, 3.8) is 0 Å². The normalized spacial score (nSPS) is 16.8. The Morgan fingerprint density at radius 3 is 2.21 bits per heavy atom. The first kappa shape index (κ1) is 25.3. The molecule has 2 rings (SSSR count). The van der Waals surface area contributed by atoms with Crippen LogP contribution in [0.2, 0.25) is 0 Å². The molecule has 1 aliphatic heterocycles. The van der Waals surface area contributed by atoms with Crippen molar-refractivity contribution in [3.05, 3.63) is 23.8 Å². The molecule has 1 saturated heterocycles. The van der Waals surface area contributed by atoms with E-state index in [-0.39, 0.29) is 10.7 Å². The van der Waals surface area contributed by atoms with Gasteiger partial charge >= 0.3 is 7.82 Å². The van der Waals surface area contributed by atoms with Gasteiger partial charge in [-0.05, 0) is 31.7 Å². The van der Waals surface area contributed by atoms with Crippen LogP contribution < -0.4 is 16.3 Å². The van der Waals surface area contributed by atoms with E-state index in [2.05, 4.69) is 16.9 Å². The third kappa shape index (κ3) is 7.90. The summed E-state index contributed by atoms with van der Waals surface area (Å²) >= 11 is 0. The zero-order chi connectivity index (χ0) is 22.2. The average Bonchev–Trinajstić information content (AvgIpc) is 2.66. The molecule has 0 radical (unpaired) electrons. The maximum atomic E-state index is 12.9. The highest BCUT2D eigenvalue weighted by Crippen LogP contribution is 2.26. The third-order valence-electron chi connectivity index (χ3n) is 4.08. The highest BCUT2D eigenvalue weighted by atomic mass is 32.2. The van der Waals surface area contributed by atoms with Gasteiger partial charge in [-0.1, -0.05) is 6.92 Å². The van der Waals surface area contributed by atoms with Gasteiger partial charge in [0, 0.05) is 26.2 Å². The molecule has 7 N–H and O–H groups in total. The topological polar surface area (TPSA) is 192 Å². The van der Waals surface area contributed by atoms with E-state index in [1.807, 2.05) is 6.92 Å². The summed E-state index contributed by atoms with van der Waals surface area (Å²) in [6.07, 6.45) is 0. The van der Waals surface area contributed by atoms with Gasteiger partial charge < -0.3 is 35.9 Å². The third-order valence-corrected chi connectivity index (χ3v) is 5.98. The molecule has 12 nitrogen and oxygen atoms in total. The Kier molecular flexibility index (Phi) is 9.49. The summed E-state index contributed by atoms with van der Waals surface area (Å²) in [4.78, 5) is 23.9. The van der Waals surface area contributed by atoms with Crippen molar-refractivity contribution < 1.29 is 32.4 Å². The van der Waals surface area contributed by atoms with E-state index in [0.717, 1.165) is 19.6 Å². The number of ether oxygens (including phenoxy) is 1. The minimum atomic E-state index is -4.64. The van der Waals surface area contributed by atoms with E-state index in [1.165, 1.54) is 16.4 Å². The molecule has 0 saturated carbocycles. The summed E-state index contributed by atoms with van der Waals surface area (Å²) < 4.78 is 41.6. The fourth-order valence-electron chi connectivity index (χ4n) is 2.66. The number of sulfonamides is 1. The van der Waals surface area contributed by atoms with Crippen LogP contribution >= 0.6 is 7.82 Å². The molecule has 1 fully saturated rings. The molecule has 0 spiro atoms. The van der Waals surface area contributed by atoms with Gasteiger partial charge in [-0.25, -0.2) is 13.0 Å². The second kappa shape index (κ2) is 10.9. The van der Waals surface area contributed by atoms with Crippen LogP contribution in [0.4, 0.5) is 0 Å². The summed E-state index contributed by atoms with van der Waals surface area (Å²) in [6.45, 7) is 7.64. The van der Waals surface area contributed by atoms with Crippen molar-refractivity contribution in [3.8, 4) is 5.75 Å². The highest BCUT2D eigenvalue weighted by Gasteiger charge is 2.29. The summed E-state index contributed by atoms with van der Waals surface area (Å²) in [7, 11) is -8.23. The fraction of sp³-hybridized carbons (Fsp3) is 0.533. The van der Waals surface area contributed by atoms with Gasteiger partial charge in [-0.2, -0.15) is 9.41 Å². The second-order valence-corrected chi connectivity index (χ2v) is 8.92. The maximum absolute atomic E-state index is 12.9. The molecule has 1 aromatic carbocycles. The molecule has 1 aliphatic rings. The molecule has 0 unspecified atom stereocenters. The highest BCUT2D eigenvalue weighted by molar-refractivity contribution is 7.89. The van der Waals surface area contributed by atoms with E-state index in [4.69, 9.17) is 35.6 Å². The Hall–Kier alpha value is -1.73. The molecule has 0 atom stereocenters. The Labute approximate surface area is 170 Å². The zero-order valence-corrected chi connectivity index (χ0v) is 18.0. The number of hydrogen-bond donors (Lipinski definition) is 5. The smallest absolute Gasteiger partial charge is 0.466 e. The first-order valence-electron chi connectivity index (χ1n) is 8.75. The number of piperazine rings is 1. The lowest BCUT2D eigenvalue weighted by atomic mass is 10.2. The Morgan fingerprint density at radius 2 is 1.76 bits per heavy atom. The number of amidine groups is 1. The van der Waals surface area contributed by atoms with Crippen LogP contribution in [0.25, 0.3) is 0 Å². The van der Waals surface area contributed by atoms with Crippen LogP contribution in [-0.2, 0) is 14.6 Å². The quantitative estimate of drug-likeness (QED) is 0.118. The van der Waals surface area contributed by atoms with E-state index < -0.39 is 17.8 Å². The minimum Gasteiger partial charge on any atom is -0.493 e. The lowest BCUT2D eigenvalue weighted by Crippen LogP contribution is -2.48. The van der Waals surface area contributed by atoms with E-state index in [9.17, 15) is 8.42 Å².